The highest BCUT2D eigenvalue weighted by Crippen LogP contribution is 2.10. The Labute approximate surface area is 159 Å². The van der Waals surface area contributed by atoms with Crippen molar-refractivity contribution in [3.05, 3.63) is 47.4 Å². The molecule has 1 aromatic heterocycles. The van der Waals surface area contributed by atoms with Crippen molar-refractivity contribution >= 4 is 21.7 Å². The van der Waals surface area contributed by atoms with Crippen LogP contribution in [0.5, 0.6) is 0 Å². The quantitative estimate of drug-likeness (QED) is 0.557. The fourth-order valence-corrected chi connectivity index (χ4v) is 2.94. The molecule has 1 heterocycles. The molecule has 0 fully saturated rings. The van der Waals surface area contributed by atoms with Crippen LogP contribution in [-0.2, 0) is 16.4 Å². The topological polar surface area (TPSA) is 127 Å². The van der Waals surface area contributed by atoms with Crippen LogP contribution in [0.1, 0.15) is 41.6 Å². The molecule has 2 aromatic rings. The fraction of sp³-hybridized carbons (Fsp3) is 0.389. The van der Waals surface area contributed by atoms with Gasteiger partial charge >= 0.3 is 0 Å². The van der Waals surface area contributed by atoms with Crippen LogP contribution in [0.25, 0.3) is 0 Å². The van der Waals surface area contributed by atoms with Crippen molar-refractivity contribution in [3.63, 3.8) is 0 Å². The summed E-state index contributed by atoms with van der Waals surface area (Å²) < 4.78 is 22.5. The van der Waals surface area contributed by atoms with Gasteiger partial charge in [-0.3, -0.25) is 4.79 Å². The third-order valence-electron chi connectivity index (χ3n) is 3.86. The van der Waals surface area contributed by atoms with Gasteiger partial charge in [0, 0.05) is 19.2 Å². The maximum Gasteiger partial charge on any atom is 0.270 e. The molecule has 2 rings (SSSR count). The zero-order valence-electron chi connectivity index (χ0n) is 15.5. The lowest BCUT2D eigenvalue weighted by molar-refractivity contribution is 0.0948. The molecule has 4 N–H and O–H groups in total. The lowest BCUT2D eigenvalue weighted by atomic mass is 10.1. The molecule has 0 unspecified atom stereocenters. The number of nitrogens with one attached hydrogen (secondary N) is 2. The minimum atomic E-state index is -3.70. The van der Waals surface area contributed by atoms with Crippen LogP contribution >= 0.6 is 0 Å². The predicted octanol–water partition coefficient (Wildman–Crippen LogP) is 1.62. The van der Waals surface area contributed by atoms with Crippen LogP contribution in [0.4, 0.5) is 5.82 Å². The number of nitrogens with zero attached hydrogens (tertiary/aromatic N) is 2. The molecule has 8 nitrogen and oxygen atoms in total. The Bertz CT molecular complexity index is 882. The van der Waals surface area contributed by atoms with E-state index in [0.717, 1.165) is 24.9 Å². The van der Waals surface area contributed by atoms with Crippen molar-refractivity contribution in [1.82, 2.24) is 15.3 Å². The van der Waals surface area contributed by atoms with E-state index in [-0.39, 0.29) is 10.8 Å². The molecule has 0 spiro atoms. The molecule has 0 aliphatic rings. The summed E-state index contributed by atoms with van der Waals surface area (Å²) in [5.74, 6) is 0.889. The summed E-state index contributed by atoms with van der Waals surface area (Å²) in [5, 5.41) is 11.1. The molecule has 0 aliphatic carbocycles. The first-order chi connectivity index (χ1) is 12.8. The second-order valence-electron chi connectivity index (χ2n) is 6.16. The molecule has 0 saturated heterocycles. The number of unbranched alkanes of at least 4 members (excludes halogenated alkanes) is 1. The highest BCUT2D eigenvalue weighted by Gasteiger charge is 2.11. The number of hydrogen-bond donors (Lipinski definition) is 3. The molecule has 0 radical (unpaired) electrons. The van der Waals surface area contributed by atoms with Crippen molar-refractivity contribution in [2.24, 2.45) is 5.14 Å². The average molecular weight is 391 g/mol. The van der Waals surface area contributed by atoms with Crippen LogP contribution in [0.15, 0.2) is 35.2 Å². The summed E-state index contributed by atoms with van der Waals surface area (Å²) in [6, 6.07) is 7.90. The van der Waals surface area contributed by atoms with Gasteiger partial charge in [0.1, 0.15) is 17.3 Å². The predicted molar refractivity (Wildman–Crippen MR) is 104 cm³/mol. The maximum absolute atomic E-state index is 12.3. The number of primary sulfonamides is 1. The molecule has 1 aromatic carbocycles. The van der Waals surface area contributed by atoms with Gasteiger partial charge in [-0.05, 0) is 37.5 Å². The molecular formula is C18H25N5O3S. The monoisotopic (exact) mass is 391 g/mol. The van der Waals surface area contributed by atoms with Gasteiger partial charge in [0.2, 0.25) is 10.0 Å². The highest BCUT2D eigenvalue weighted by molar-refractivity contribution is 7.89. The zero-order valence-corrected chi connectivity index (χ0v) is 16.3. The van der Waals surface area contributed by atoms with Crippen LogP contribution < -0.4 is 15.8 Å². The summed E-state index contributed by atoms with van der Waals surface area (Å²) in [4.78, 5) is 20.9. The van der Waals surface area contributed by atoms with Gasteiger partial charge in [-0.15, -0.1) is 0 Å². The molecule has 1 amide bonds. The number of hydrogen-bond acceptors (Lipinski definition) is 6. The summed E-state index contributed by atoms with van der Waals surface area (Å²) >= 11 is 0. The Morgan fingerprint density at radius 1 is 1.15 bits per heavy atom. The number of benzene rings is 1. The van der Waals surface area contributed by atoms with Gasteiger partial charge in [-0.2, -0.15) is 0 Å². The van der Waals surface area contributed by atoms with E-state index in [4.69, 9.17) is 5.14 Å². The van der Waals surface area contributed by atoms with Crippen molar-refractivity contribution in [1.29, 1.82) is 0 Å². The largest absolute Gasteiger partial charge is 0.370 e. The van der Waals surface area contributed by atoms with Gasteiger partial charge in [0.15, 0.2) is 0 Å². The molecule has 9 heteroatoms. The lowest BCUT2D eigenvalue weighted by Crippen LogP contribution is -2.27. The average Bonchev–Trinajstić information content (AvgIpc) is 2.61. The van der Waals surface area contributed by atoms with Crippen molar-refractivity contribution in [3.8, 4) is 0 Å². The van der Waals surface area contributed by atoms with E-state index in [1.165, 1.54) is 12.1 Å². The van der Waals surface area contributed by atoms with Crippen LogP contribution in [-0.4, -0.2) is 37.4 Å². The van der Waals surface area contributed by atoms with E-state index >= 15 is 0 Å². The summed E-state index contributed by atoms with van der Waals surface area (Å²) in [6.07, 6.45) is 2.65. The second-order valence-corrected chi connectivity index (χ2v) is 7.72. The van der Waals surface area contributed by atoms with E-state index in [0.29, 0.717) is 30.3 Å². The number of rotatable bonds is 9. The maximum atomic E-state index is 12.3. The molecule has 0 aliphatic heterocycles. The van der Waals surface area contributed by atoms with Gasteiger partial charge < -0.3 is 10.6 Å². The minimum absolute atomic E-state index is 0.0647. The Balaban J connectivity index is 1.91. The smallest absolute Gasteiger partial charge is 0.270 e. The number of anilines is 1. The SMILES string of the molecule is CCCCNc1cc(C(=O)NCCc2ccc(S(N)(=O)=O)cc2)nc(C)n1. The fourth-order valence-electron chi connectivity index (χ4n) is 2.42. The second kappa shape index (κ2) is 9.43. The van der Waals surface area contributed by atoms with Crippen molar-refractivity contribution < 1.29 is 13.2 Å². The van der Waals surface area contributed by atoms with Gasteiger partial charge in [0.05, 0.1) is 4.90 Å². The number of aromatic nitrogens is 2. The lowest BCUT2D eigenvalue weighted by Gasteiger charge is -2.09. The van der Waals surface area contributed by atoms with Gasteiger partial charge in [-0.25, -0.2) is 23.5 Å². The number of carbonyl (C=O) groups is 1. The van der Waals surface area contributed by atoms with Crippen molar-refractivity contribution in [2.45, 2.75) is 38.0 Å². The van der Waals surface area contributed by atoms with Gasteiger partial charge in [0.25, 0.3) is 5.91 Å². The van der Waals surface area contributed by atoms with Crippen LogP contribution in [0, 0.1) is 6.92 Å². The number of sulfonamides is 1. The van der Waals surface area contributed by atoms with E-state index in [1.54, 1.807) is 25.1 Å². The molecule has 0 saturated carbocycles. The highest BCUT2D eigenvalue weighted by atomic mass is 32.2. The van der Waals surface area contributed by atoms with Crippen LogP contribution in [0.2, 0.25) is 0 Å². The number of nitrogens with two attached hydrogens (primary N) is 1. The molecule has 27 heavy (non-hydrogen) atoms. The van der Waals surface area contributed by atoms with Crippen LogP contribution in [0.3, 0.4) is 0 Å². The van der Waals surface area contributed by atoms with Gasteiger partial charge in [-0.1, -0.05) is 25.5 Å². The molecule has 146 valence electrons. The third-order valence-corrected chi connectivity index (χ3v) is 4.79. The normalized spacial score (nSPS) is 11.2. The zero-order chi connectivity index (χ0) is 19.9. The molecule has 0 atom stereocenters. The Morgan fingerprint density at radius 2 is 1.85 bits per heavy atom. The van der Waals surface area contributed by atoms with E-state index in [9.17, 15) is 13.2 Å². The summed E-state index contributed by atoms with van der Waals surface area (Å²) in [6.45, 7) is 5.04. The number of amides is 1. The van der Waals surface area contributed by atoms with E-state index in [1.807, 2.05) is 0 Å². The number of carbonyl (C=O) groups excluding carboxylic acids is 1. The summed E-state index contributed by atoms with van der Waals surface area (Å²) in [5.41, 5.74) is 1.20. The molecular weight excluding hydrogens is 366 g/mol. The molecule has 0 bridgehead atoms. The Hall–Kier alpha value is -2.52. The minimum Gasteiger partial charge on any atom is -0.370 e. The first kappa shape index (κ1) is 20.8. The standard InChI is InChI=1S/C18H25N5O3S/c1-3-4-10-20-17-12-16(22-13(2)23-17)18(24)21-11-9-14-5-7-15(8-6-14)27(19,25)26/h5-8,12H,3-4,9-11H2,1-2H3,(H,21,24)(H2,19,25,26)(H,20,22,23). The first-order valence-corrected chi connectivity index (χ1v) is 10.3. The first-order valence-electron chi connectivity index (χ1n) is 8.79. The number of aryl methyl sites for hydroxylation is 1. The van der Waals surface area contributed by atoms with E-state index < -0.39 is 10.0 Å². The third kappa shape index (κ3) is 6.61. The van der Waals surface area contributed by atoms with E-state index in [2.05, 4.69) is 27.5 Å². The summed E-state index contributed by atoms with van der Waals surface area (Å²) in [7, 11) is -3.70. The van der Waals surface area contributed by atoms with Crippen molar-refractivity contribution in [2.75, 3.05) is 18.4 Å². The Morgan fingerprint density at radius 3 is 2.48 bits per heavy atom. The Kier molecular flexibility index (Phi) is 7.26.